The monoisotopic (exact) mass is 329 g/mol. The number of para-hydroxylation sites is 1. The van der Waals surface area contributed by atoms with Crippen LogP contribution in [0.2, 0.25) is 0 Å². The Morgan fingerprint density at radius 1 is 0.920 bits per heavy atom. The Balaban J connectivity index is 2.08. The lowest BCUT2D eigenvalue weighted by atomic mass is 9.92. The van der Waals surface area contributed by atoms with E-state index in [1.807, 2.05) is 30.3 Å². The molecule has 0 atom stereocenters. The summed E-state index contributed by atoms with van der Waals surface area (Å²) in [6, 6.07) is 18.2. The Morgan fingerprint density at radius 2 is 1.60 bits per heavy atom. The van der Waals surface area contributed by atoms with Gasteiger partial charge >= 0.3 is 5.97 Å². The van der Waals surface area contributed by atoms with Gasteiger partial charge in [0, 0.05) is 27.4 Å². The largest absolute Gasteiger partial charge is 0.478 e. The minimum absolute atomic E-state index is 0.0490. The Bertz CT molecular complexity index is 1140. The Hall–Kier alpha value is -3.40. The second-order valence-corrected chi connectivity index (χ2v) is 6.02. The van der Waals surface area contributed by atoms with E-state index in [-0.39, 0.29) is 16.9 Å². The van der Waals surface area contributed by atoms with Crippen molar-refractivity contribution in [2.75, 3.05) is 0 Å². The van der Waals surface area contributed by atoms with Crippen LogP contribution in [0.5, 0.6) is 0 Å². The van der Waals surface area contributed by atoms with Gasteiger partial charge < -0.3 is 10.1 Å². The van der Waals surface area contributed by atoms with Crippen molar-refractivity contribution in [1.29, 1.82) is 0 Å². The molecule has 0 aliphatic rings. The first kappa shape index (κ1) is 15.1. The number of H-pyrrole nitrogens is 1. The Kier molecular flexibility index (Phi) is 3.39. The maximum Gasteiger partial charge on any atom is 0.336 e. The number of hydrogen-bond donors (Lipinski definition) is 2. The first-order valence-corrected chi connectivity index (χ1v) is 7.95. The molecule has 1 aromatic heterocycles. The Morgan fingerprint density at radius 3 is 2.32 bits per heavy atom. The van der Waals surface area contributed by atoms with E-state index in [9.17, 15) is 14.7 Å². The number of aromatic amines is 1. The van der Waals surface area contributed by atoms with Gasteiger partial charge in [-0.2, -0.15) is 0 Å². The quantitative estimate of drug-likeness (QED) is 0.541. The average molecular weight is 329 g/mol. The molecule has 4 rings (SSSR count). The van der Waals surface area contributed by atoms with Gasteiger partial charge in [-0.3, -0.25) is 4.79 Å². The van der Waals surface area contributed by atoms with Crippen molar-refractivity contribution in [3.8, 4) is 0 Å². The number of carboxylic acids is 1. The highest BCUT2D eigenvalue weighted by Gasteiger charge is 2.23. The number of aryl methyl sites for hydroxylation is 1. The number of fused-ring (bicyclic) bond motifs is 3. The summed E-state index contributed by atoms with van der Waals surface area (Å²) in [5.41, 5.74) is 2.98. The number of hydrogen-bond acceptors (Lipinski definition) is 2. The van der Waals surface area contributed by atoms with Crippen molar-refractivity contribution in [3.63, 3.8) is 0 Å². The van der Waals surface area contributed by atoms with Gasteiger partial charge in [-0.05, 0) is 24.6 Å². The molecule has 0 aliphatic heterocycles. The summed E-state index contributed by atoms with van der Waals surface area (Å²) < 4.78 is 0. The van der Waals surface area contributed by atoms with Crippen LogP contribution in [0, 0.1) is 6.92 Å². The van der Waals surface area contributed by atoms with Crippen LogP contribution in [0.3, 0.4) is 0 Å². The number of aromatic carboxylic acids is 1. The van der Waals surface area contributed by atoms with Crippen molar-refractivity contribution < 1.29 is 14.7 Å². The van der Waals surface area contributed by atoms with Crippen LogP contribution >= 0.6 is 0 Å². The predicted octanol–water partition coefficient (Wildman–Crippen LogP) is 4.56. The second-order valence-electron chi connectivity index (χ2n) is 6.02. The number of carbonyl (C=O) groups is 2. The zero-order chi connectivity index (χ0) is 17.6. The van der Waals surface area contributed by atoms with E-state index in [0.29, 0.717) is 11.1 Å². The molecular weight excluding hydrogens is 314 g/mol. The summed E-state index contributed by atoms with van der Waals surface area (Å²) in [7, 11) is 0. The van der Waals surface area contributed by atoms with Gasteiger partial charge in [-0.25, -0.2) is 4.79 Å². The molecule has 0 amide bonds. The van der Waals surface area contributed by atoms with Gasteiger partial charge in [0.15, 0.2) is 5.78 Å². The third kappa shape index (κ3) is 2.31. The molecule has 4 heteroatoms. The fourth-order valence-electron chi connectivity index (χ4n) is 3.35. The lowest BCUT2D eigenvalue weighted by Gasteiger charge is -2.10. The fraction of sp³-hybridized carbons (Fsp3) is 0.0476. The van der Waals surface area contributed by atoms with Gasteiger partial charge in [0.2, 0.25) is 0 Å². The zero-order valence-corrected chi connectivity index (χ0v) is 13.5. The van der Waals surface area contributed by atoms with E-state index >= 15 is 0 Å². The van der Waals surface area contributed by atoms with Crippen LogP contribution in [-0.4, -0.2) is 21.8 Å². The number of aromatic nitrogens is 1. The first-order chi connectivity index (χ1) is 12.1. The topological polar surface area (TPSA) is 70.2 Å². The van der Waals surface area contributed by atoms with Gasteiger partial charge in [-0.15, -0.1) is 0 Å². The third-order valence-electron chi connectivity index (χ3n) is 4.55. The number of carboxylic acid groups (broad SMARTS) is 1. The van der Waals surface area contributed by atoms with Crippen molar-refractivity contribution in [2.45, 2.75) is 6.92 Å². The molecule has 0 saturated heterocycles. The van der Waals surface area contributed by atoms with Crippen LogP contribution in [-0.2, 0) is 0 Å². The minimum atomic E-state index is -1.10. The predicted molar refractivity (Wildman–Crippen MR) is 97.4 cm³/mol. The summed E-state index contributed by atoms with van der Waals surface area (Å²) in [6.45, 7) is 1.74. The zero-order valence-electron chi connectivity index (χ0n) is 13.5. The third-order valence-corrected chi connectivity index (χ3v) is 4.55. The molecular formula is C21H15NO3. The molecule has 4 aromatic rings. The van der Waals surface area contributed by atoms with Gasteiger partial charge in [0.1, 0.15) is 0 Å². The van der Waals surface area contributed by atoms with E-state index in [1.54, 1.807) is 37.3 Å². The Labute approximate surface area is 143 Å². The number of rotatable bonds is 3. The van der Waals surface area contributed by atoms with E-state index in [4.69, 9.17) is 0 Å². The van der Waals surface area contributed by atoms with E-state index < -0.39 is 5.97 Å². The SMILES string of the molecule is Cc1c(C(=O)O)c(C(=O)c2ccccc2)cc2c1[nH]c1ccccc12. The summed E-state index contributed by atoms with van der Waals surface area (Å²) >= 11 is 0. The van der Waals surface area contributed by atoms with Crippen LogP contribution in [0.25, 0.3) is 21.8 Å². The smallest absolute Gasteiger partial charge is 0.336 e. The van der Waals surface area contributed by atoms with Crippen molar-refractivity contribution in [2.24, 2.45) is 0 Å². The average Bonchev–Trinajstić information content (AvgIpc) is 3.00. The number of ketones is 1. The molecule has 0 spiro atoms. The fourth-order valence-corrected chi connectivity index (χ4v) is 3.35. The summed E-state index contributed by atoms with van der Waals surface area (Å²) in [5.74, 6) is -1.38. The summed E-state index contributed by atoms with van der Waals surface area (Å²) in [6.07, 6.45) is 0. The minimum Gasteiger partial charge on any atom is -0.478 e. The lowest BCUT2D eigenvalue weighted by molar-refractivity contribution is 0.0692. The van der Waals surface area contributed by atoms with E-state index in [0.717, 1.165) is 21.8 Å². The molecule has 0 bridgehead atoms. The van der Waals surface area contributed by atoms with Gasteiger partial charge in [0.05, 0.1) is 11.1 Å². The molecule has 4 nitrogen and oxygen atoms in total. The van der Waals surface area contributed by atoms with Crippen molar-refractivity contribution in [3.05, 3.63) is 82.9 Å². The molecule has 0 aliphatic carbocycles. The molecule has 0 unspecified atom stereocenters. The highest BCUT2D eigenvalue weighted by atomic mass is 16.4. The number of carbonyl (C=O) groups excluding carboxylic acids is 1. The normalized spacial score (nSPS) is 11.1. The standard InChI is InChI=1S/C21H15NO3/c1-12-18(21(24)25)16(20(23)13-7-3-2-4-8-13)11-15-14-9-5-6-10-17(14)22-19(12)15/h2-11,22H,1H3,(H,24,25). The van der Waals surface area contributed by atoms with Gasteiger partial charge in [-0.1, -0.05) is 48.5 Å². The van der Waals surface area contributed by atoms with Gasteiger partial charge in [0.25, 0.3) is 0 Å². The molecule has 2 N–H and O–H groups in total. The van der Waals surface area contributed by atoms with Crippen molar-refractivity contribution in [1.82, 2.24) is 4.98 Å². The van der Waals surface area contributed by atoms with Crippen LogP contribution in [0.1, 0.15) is 31.8 Å². The van der Waals surface area contributed by atoms with Crippen LogP contribution < -0.4 is 0 Å². The van der Waals surface area contributed by atoms with Crippen LogP contribution in [0.4, 0.5) is 0 Å². The highest BCUT2D eigenvalue weighted by Crippen LogP contribution is 2.32. The first-order valence-electron chi connectivity index (χ1n) is 7.95. The molecule has 0 radical (unpaired) electrons. The maximum absolute atomic E-state index is 13.0. The number of benzene rings is 3. The molecule has 1 heterocycles. The lowest BCUT2D eigenvalue weighted by Crippen LogP contribution is -2.12. The van der Waals surface area contributed by atoms with Crippen molar-refractivity contribution >= 4 is 33.6 Å². The summed E-state index contributed by atoms with van der Waals surface area (Å²) in [4.78, 5) is 28.1. The molecule has 0 fully saturated rings. The van der Waals surface area contributed by atoms with Crippen LogP contribution in [0.15, 0.2) is 60.7 Å². The molecule has 0 saturated carbocycles. The molecule has 122 valence electrons. The molecule has 25 heavy (non-hydrogen) atoms. The van der Waals surface area contributed by atoms with E-state index in [1.165, 1.54) is 0 Å². The number of nitrogens with one attached hydrogen (secondary N) is 1. The molecule has 3 aromatic carbocycles. The summed E-state index contributed by atoms with van der Waals surface area (Å²) in [5, 5.41) is 11.5. The second kappa shape index (κ2) is 5.60. The highest BCUT2D eigenvalue weighted by molar-refractivity contribution is 6.20. The van der Waals surface area contributed by atoms with E-state index in [2.05, 4.69) is 4.98 Å². The maximum atomic E-state index is 13.0.